The van der Waals surface area contributed by atoms with Crippen LogP contribution in [0.3, 0.4) is 0 Å². The van der Waals surface area contributed by atoms with Crippen molar-refractivity contribution in [1.82, 2.24) is 4.57 Å². The quantitative estimate of drug-likeness (QED) is 0.213. The van der Waals surface area contributed by atoms with E-state index in [2.05, 4.69) is 4.57 Å². The standard InChI is InChI=1S/C30H25NO4/c1-4-34-30(33)27-20(3)31(22-10-6-5-7-11-22)28-24-13-9-8-12-23(24)26(18-25(27)28)35-29(32)21-16-14-19(2)15-17-21/h5-18H,4H2,1-3H3. The lowest BCUT2D eigenvalue weighted by Gasteiger charge is -2.13. The van der Waals surface area contributed by atoms with Crippen molar-refractivity contribution in [2.45, 2.75) is 20.8 Å². The summed E-state index contributed by atoms with van der Waals surface area (Å²) in [5.41, 5.74) is 4.54. The van der Waals surface area contributed by atoms with E-state index in [1.807, 2.05) is 80.6 Å². The molecule has 0 aliphatic carbocycles. The Kier molecular flexibility index (Phi) is 5.83. The normalized spacial score (nSPS) is 11.1. The van der Waals surface area contributed by atoms with Crippen molar-refractivity contribution in [2.24, 2.45) is 0 Å². The van der Waals surface area contributed by atoms with E-state index in [0.29, 0.717) is 22.3 Å². The molecule has 0 bridgehead atoms. The summed E-state index contributed by atoms with van der Waals surface area (Å²) in [4.78, 5) is 26.1. The zero-order valence-electron chi connectivity index (χ0n) is 19.9. The fourth-order valence-corrected chi connectivity index (χ4v) is 4.53. The van der Waals surface area contributed by atoms with Gasteiger partial charge in [-0.3, -0.25) is 0 Å². The lowest BCUT2D eigenvalue weighted by Crippen LogP contribution is -2.09. The molecule has 35 heavy (non-hydrogen) atoms. The number of aromatic nitrogens is 1. The van der Waals surface area contributed by atoms with Crippen molar-refractivity contribution in [3.8, 4) is 11.4 Å². The highest BCUT2D eigenvalue weighted by atomic mass is 16.5. The molecule has 1 heterocycles. The van der Waals surface area contributed by atoms with Crippen LogP contribution in [0.15, 0.2) is 84.9 Å². The second-order valence-electron chi connectivity index (χ2n) is 8.42. The maximum absolute atomic E-state index is 13.1. The van der Waals surface area contributed by atoms with Crippen molar-refractivity contribution in [2.75, 3.05) is 6.61 Å². The first-order valence-electron chi connectivity index (χ1n) is 11.6. The summed E-state index contributed by atoms with van der Waals surface area (Å²) in [6.07, 6.45) is 0. The molecule has 5 heteroatoms. The van der Waals surface area contributed by atoms with Gasteiger partial charge in [-0.2, -0.15) is 0 Å². The maximum Gasteiger partial charge on any atom is 0.343 e. The first-order valence-corrected chi connectivity index (χ1v) is 11.6. The van der Waals surface area contributed by atoms with Gasteiger partial charge >= 0.3 is 11.9 Å². The summed E-state index contributed by atoms with van der Waals surface area (Å²) in [5.74, 6) is -0.461. The Balaban J connectivity index is 1.79. The predicted octanol–water partition coefficient (Wildman–Crippen LogP) is 6.80. The molecule has 0 aliphatic rings. The molecule has 0 atom stereocenters. The Morgan fingerprint density at radius 1 is 0.771 bits per heavy atom. The minimum absolute atomic E-state index is 0.263. The lowest BCUT2D eigenvalue weighted by molar-refractivity contribution is 0.0527. The molecule has 5 nitrogen and oxygen atoms in total. The third-order valence-corrected chi connectivity index (χ3v) is 6.15. The summed E-state index contributed by atoms with van der Waals surface area (Å²) in [7, 11) is 0. The van der Waals surface area contributed by atoms with E-state index in [1.54, 1.807) is 25.1 Å². The molecular formula is C30H25NO4. The number of hydrogen-bond donors (Lipinski definition) is 0. The number of carbonyl (C=O) groups excluding carboxylic acids is 2. The number of fused-ring (bicyclic) bond motifs is 3. The van der Waals surface area contributed by atoms with Gasteiger partial charge in [0.1, 0.15) is 5.75 Å². The Hall–Kier alpha value is -4.38. The molecule has 0 spiro atoms. The topological polar surface area (TPSA) is 57.5 Å². The largest absolute Gasteiger partial charge is 0.462 e. The average Bonchev–Trinajstić information content (AvgIpc) is 3.17. The first-order chi connectivity index (χ1) is 17.0. The maximum atomic E-state index is 13.1. The number of rotatable bonds is 5. The smallest absolute Gasteiger partial charge is 0.343 e. The summed E-state index contributed by atoms with van der Waals surface area (Å²) in [5, 5.41) is 2.33. The van der Waals surface area contributed by atoms with E-state index in [1.165, 1.54) is 0 Å². The zero-order valence-corrected chi connectivity index (χ0v) is 19.9. The Morgan fingerprint density at radius 2 is 1.43 bits per heavy atom. The van der Waals surface area contributed by atoms with Gasteiger partial charge in [-0.05, 0) is 51.1 Å². The second-order valence-corrected chi connectivity index (χ2v) is 8.42. The van der Waals surface area contributed by atoms with Gasteiger partial charge in [0, 0.05) is 27.5 Å². The van der Waals surface area contributed by atoms with Gasteiger partial charge in [-0.15, -0.1) is 0 Å². The zero-order chi connectivity index (χ0) is 24.5. The number of para-hydroxylation sites is 1. The highest BCUT2D eigenvalue weighted by molar-refractivity contribution is 6.17. The molecule has 0 N–H and O–H groups in total. The van der Waals surface area contributed by atoms with Crippen molar-refractivity contribution in [3.63, 3.8) is 0 Å². The molecule has 0 fully saturated rings. The van der Waals surface area contributed by atoms with Gasteiger partial charge in [0.25, 0.3) is 0 Å². The van der Waals surface area contributed by atoms with E-state index in [4.69, 9.17) is 9.47 Å². The van der Waals surface area contributed by atoms with Crippen molar-refractivity contribution >= 4 is 33.6 Å². The predicted molar refractivity (Wildman–Crippen MR) is 138 cm³/mol. The van der Waals surface area contributed by atoms with Crippen LogP contribution >= 0.6 is 0 Å². The number of aryl methyl sites for hydroxylation is 1. The fourth-order valence-electron chi connectivity index (χ4n) is 4.53. The van der Waals surface area contributed by atoms with Crippen molar-refractivity contribution in [1.29, 1.82) is 0 Å². The number of carbonyl (C=O) groups is 2. The summed E-state index contributed by atoms with van der Waals surface area (Å²) in [6.45, 7) is 5.92. The van der Waals surface area contributed by atoms with Gasteiger partial charge < -0.3 is 14.0 Å². The SMILES string of the molecule is CCOC(=O)c1c(C)n(-c2ccccc2)c2c1cc(OC(=O)c1ccc(C)cc1)c1ccccc12. The van der Waals surface area contributed by atoms with E-state index in [0.717, 1.165) is 33.2 Å². The molecule has 0 saturated heterocycles. The molecule has 0 saturated carbocycles. The van der Waals surface area contributed by atoms with E-state index in [-0.39, 0.29) is 6.61 Å². The summed E-state index contributed by atoms with van der Waals surface area (Å²) < 4.78 is 13.4. The highest BCUT2D eigenvalue weighted by Crippen LogP contribution is 2.40. The number of benzene rings is 4. The van der Waals surface area contributed by atoms with Gasteiger partial charge in [-0.25, -0.2) is 9.59 Å². The van der Waals surface area contributed by atoms with E-state index < -0.39 is 11.9 Å². The number of ether oxygens (including phenoxy) is 2. The number of esters is 2. The first kappa shape index (κ1) is 22.4. The minimum Gasteiger partial charge on any atom is -0.462 e. The van der Waals surface area contributed by atoms with Gasteiger partial charge in [-0.1, -0.05) is 60.2 Å². The fraction of sp³-hybridized carbons (Fsp3) is 0.133. The molecule has 0 radical (unpaired) electrons. The van der Waals surface area contributed by atoms with Crippen LogP contribution in [-0.2, 0) is 4.74 Å². The van der Waals surface area contributed by atoms with Crippen LogP contribution < -0.4 is 4.74 Å². The number of hydrogen-bond acceptors (Lipinski definition) is 4. The molecule has 174 valence electrons. The Bertz CT molecular complexity index is 1560. The van der Waals surface area contributed by atoms with Crippen LogP contribution in [0.25, 0.3) is 27.4 Å². The van der Waals surface area contributed by atoms with Gasteiger partial charge in [0.15, 0.2) is 0 Å². The molecule has 0 unspecified atom stereocenters. The highest BCUT2D eigenvalue weighted by Gasteiger charge is 2.25. The van der Waals surface area contributed by atoms with Crippen LogP contribution in [0.4, 0.5) is 0 Å². The van der Waals surface area contributed by atoms with Gasteiger partial charge in [0.05, 0.1) is 23.3 Å². The molecule has 0 aliphatic heterocycles. The third-order valence-electron chi connectivity index (χ3n) is 6.15. The average molecular weight is 464 g/mol. The molecule has 1 aromatic heterocycles. The van der Waals surface area contributed by atoms with Crippen molar-refractivity contribution in [3.05, 3.63) is 107 Å². The van der Waals surface area contributed by atoms with Crippen LogP contribution in [-0.4, -0.2) is 23.1 Å². The summed E-state index contributed by atoms with van der Waals surface area (Å²) in [6, 6.07) is 26.7. The van der Waals surface area contributed by atoms with E-state index in [9.17, 15) is 9.59 Å². The number of nitrogens with zero attached hydrogens (tertiary/aromatic N) is 1. The third kappa shape index (κ3) is 3.95. The Labute approximate surface area is 203 Å². The van der Waals surface area contributed by atoms with Crippen molar-refractivity contribution < 1.29 is 19.1 Å². The Morgan fingerprint density at radius 3 is 2.11 bits per heavy atom. The lowest BCUT2D eigenvalue weighted by atomic mass is 10.0. The van der Waals surface area contributed by atoms with Crippen LogP contribution in [0.1, 0.15) is 38.9 Å². The minimum atomic E-state index is -0.452. The van der Waals surface area contributed by atoms with E-state index >= 15 is 0 Å². The molecule has 4 aromatic carbocycles. The second kappa shape index (κ2) is 9.11. The molecular weight excluding hydrogens is 438 g/mol. The molecule has 5 rings (SSSR count). The summed E-state index contributed by atoms with van der Waals surface area (Å²) >= 11 is 0. The monoisotopic (exact) mass is 463 g/mol. The molecule has 5 aromatic rings. The van der Waals surface area contributed by atoms with Crippen LogP contribution in [0.5, 0.6) is 5.75 Å². The van der Waals surface area contributed by atoms with Gasteiger partial charge in [0.2, 0.25) is 0 Å². The molecule has 0 amide bonds. The van der Waals surface area contributed by atoms with Crippen LogP contribution in [0.2, 0.25) is 0 Å². The van der Waals surface area contributed by atoms with Crippen LogP contribution in [0, 0.1) is 13.8 Å².